The molecule has 0 aliphatic heterocycles. The number of ether oxygens (including phenoxy) is 1. The van der Waals surface area contributed by atoms with Gasteiger partial charge in [-0.2, -0.15) is 5.26 Å². The SMILES string of the molecule is CC(C)CCNC(=O)COc1cccc(C#N)c1. The summed E-state index contributed by atoms with van der Waals surface area (Å²) in [5.74, 6) is 0.963. The summed E-state index contributed by atoms with van der Waals surface area (Å²) in [5, 5.41) is 11.5. The van der Waals surface area contributed by atoms with E-state index in [0.717, 1.165) is 6.42 Å². The van der Waals surface area contributed by atoms with Gasteiger partial charge in [-0.1, -0.05) is 19.9 Å². The molecule has 0 aliphatic rings. The van der Waals surface area contributed by atoms with Crippen molar-refractivity contribution in [1.82, 2.24) is 5.32 Å². The lowest BCUT2D eigenvalue weighted by molar-refractivity contribution is -0.123. The molecule has 0 saturated carbocycles. The van der Waals surface area contributed by atoms with Crippen LogP contribution >= 0.6 is 0 Å². The average Bonchev–Trinajstić information content (AvgIpc) is 2.36. The number of amides is 1. The van der Waals surface area contributed by atoms with Gasteiger partial charge in [-0.15, -0.1) is 0 Å². The highest BCUT2D eigenvalue weighted by Gasteiger charge is 2.03. The van der Waals surface area contributed by atoms with Crippen molar-refractivity contribution in [3.63, 3.8) is 0 Å². The van der Waals surface area contributed by atoms with Crippen molar-refractivity contribution in [1.29, 1.82) is 5.26 Å². The topological polar surface area (TPSA) is 62.1 Å². The molecule has 1 rings (SSSR count). The van der Waals surface area contributed by atoms with Crippen LogP contribution < -0.4 is 10.1 Å². The molecule has 0 unspecified atom stereocenters. The first-order valence-corrected chi connectivity index (χ1v) is 6.01. The van der Waals surface area contributed by atoms with Crippen LogP contribution in [0.5, 0.6) is 5.75 Å². The first-order chi connectivity index (χ1) is 8.61. The van der Waals surface area contributed by atoms with Gasteiger partial charge >= 0.3 is 0 Å². The van der Waals surface area contributed by atoms with Gasteiger partial charge in [-0.25, -0.2) is 0 Å². The standard InChI is InChI=1S/C14H18N2O2/c1-11(2)6-7-16-14(17)10-18-13-5-3-4-12(8-13)9-15/h3-5,8,11H,6-7,10H2,1-2H3,(H,16,17). The lowest BCUT2D eigenvalue weighted by Crippen LogP contribution is -2.30. The van der Waals surface area contributed by atoms with Crippen LogP contribution in [0, 0.1) is 17.2 Å². The summed E-state index contributed by atoms with van der Waals surface area (Å²) in [5.41, 5.74) is 0.521. The highest BCUT2D eigenvalue weighted by molar-refractivity contribution is 5.77. The molecule has 0 fully saturated rings. The number of carbonyl (C=O) groups excluding carboxylic acids is 1. The first kappa shape index (κ1) is 14.0. The van der Waals surface area contributed by atoms with Crippen LogP contribution in [-0.2, 0) is 4.79 Å². The zero-order valence-electron chi connectivity index (χ0n) is 10.8. The van der Waals surface area contributed by atoms with Crippen molar-refractivity contribution in [3.05, 3.63) is 29.8 Å². The quantitative estimate of drug-likeness (QED) is 0.836. The third-order valence-electron chi connectivity index (χ3n) is 2.38. The molecule has 4 nitrogen and oxygen atoms in total. The lowest BCUT2D eigenvalue weighted by Gasteiger charge is -2.08. The molecule has 0 radical (unpaired) electrons. The minimum atomic E-state index is -0.141. The van der Waals surface area contributed by atoms with E-state index in [-0.39, 0.29) is 12.5 Å². The van der Waals surface area contributed by atoms with E-state index < -0.39 is 0 Å². The molecule has 0 atom stereocenters. The Morgan fingerprint density at radius 3 is 2.94 bits per heavy atom. The van der Waals surface area contributed by atoms with Crippen molar-refractivity contribution in [3.8, 4) is 11.8 Å². The van der Waals surface area contributed by atoms with E-state index in [9.17, 15) is 4.79 Å². The number of rotatable bonds is 6. The Bertz CT molecular complexity index is 436. The van der Waals surface area contributed by atoms with Crippen molar-refractivity contribution >= 4 is 5.91 Å². The largest absolute Gasteiger partial charge is 0.484 e. The van der Waals surface area contributed by atoms with E-state index in [1.54, 1.807) is 24.3 Å². The molecular formula is C14H18N2O2. The van der Waals surface area contributed by atoms with Crippen molar-refractivity contribution in [2.24, 2.45) is 5.92 Å². The maximum Gasteiger partial charge on any atom is 0.257 e. The Hall–Kier alpha value is -2.02. The summed E-state index contributed by atoms with van der Waals surface area (Å²) in [6.45, 7) is 4.86. The molecule has 1 N–H and O–H groups in total. The summed E-state index contributed by atoms with van der Waals surface area (Å²) in [7, 11) is 0. The van der Waals surface area contributed by atoms with Gasteiger partial charge in [0.15, 0.2) is 6.61 Å². The molecular weight excluding hydrogens is 228 g/mol. The average molecular weight is 246 g/mol. The molecule has 96 valence electrons. The minimum absolute atomic E-state index is 0.0209. The number of nitrogens with one attached hydrogen (secondary N) is 1. The number of hydrogen-bond acceptors (Lipinski definition) is 3. The molecule has 1 aromatic carbocycles. The Morgan fingerprint density at radius 2 is 2.28 bits per heavy atom. The van der Waals surface area contributed by atoms with Crippen LogP contribution in [0.3, 0.4) is 0 Å². The Balaban J connectivity index is 2.31. The van der Waals surface area contributed by atoms with Gasteiger partial charge in [0, 0.05) is 6.54 Å². The molecule has 0 spiro atoms. The van der Waals surface area contributed by atoms with Crippen LogP contribution in [0.2, 0.25) is 0 Å². The van der Waals surface area contributed by atoms with Gasteiger partial charge in [0.1, 0.15) is 5.75 Å². The second-order valence-electron chi connectivity index (χ2n) is 4.46. The molecule has 0 heterocycles. The van der Waals surface area contributed by atoms with Crippen LogP contribution in [0.1, 0.15) is 25.8 Å². The monoisotopic (exact) mass is 246 g/mol. The molecule has 0 aromatic heterocycles. The second-order valence-corrected chi connectivity index (χ2v) is 4.46. The predicted molar refractivity (Wildman–Crippen MR) is 69.1 cm³/mol. The second kappa shape index (κ2) is 7.33. The minimum Gasteiger partial charge on any atom is -0.484 e. The summed E-state index contributed by atoms with van der Waals surface area (Å²) < 4.78 is 5.30. The van der Waals surface area contributed by atoms with Crippen LogP contribution in [0.15, 0.2) is 24.3 Å². The maximum absolute atomic E-state index is 11.5. The van der Waals surface area contributed by atoms with Gasteiger partial charge in [-0.05, 0) is 30.5 Å². The molecule has 1 aromatic rings. The van der Waals surface area contributed by atoms with Gasteiger partial charge in [-0.3, -0.25) is 4.79 Å². The molecule has 1 amide bonds. The third kappa shape index (κ3) is 5.35. The fraction of sp³-hybridized carbons (Fsp3) is 0.429. The van der Waals surface area contributed by atoms with E-state index in [1.165, 1.54) is 0 Å². The van der Waals surface area contributed by atoms with E-state index in [1.807, 2.05) is 6.07 Å². The van der Waals surface area contributed by atoms with E-state index in [2.05, 4.69) is 19.2 Å². The zero-order chi connectivity index (χ0) is 13.4. The predicted octanol–water partition coefficient (Wildman–Crippen LogP) is 2.10. The number of carbonyl (C=O) groups is 1. The van der Waals surface area contributed by atoms with Crippen LogP contribution in [0.4, 0.5) is 0 Å². The molecule has 0 saturated heterocycles. The number of benzene rings is 1. The van der Waals surface area contributed by atoms with Crippen molar-refractivity contribution < 1.29 is 9.53 Å². The molecule has 0 aliphatic carbocycles. The highest BCUT2D eigenvalue weighted by atomic mass is 16.5. The highest BCUT2D eigenvalue weighted by Crippen LogP contribution is 2.12. The fourth-order valence-corrected chi connectivity index (χ4v) is 1.36. The first-order valence-electron chi connectivity index (χ1n) is 6.01. The van der Waals surface area contributed by atoms with Gasteiger partial charge in [0.2, 0.25) is 0 Å². The summed E-state index contributed by atoms with van der Waals surface area (Å²) in [4.78, 5) is 11.5. The number of nitriles is 1. The molecule has 18 heavy (non-hydrogen) atoms. The Labute approximate surface area is 108 Å². The lowest BCUT2D eigenvalue weighted by atomic mass is 10.1. The summed E-state index contributed by atoms with van der Waals surface area (Å²) >= 11 is 0. The van der Waals surface area contributed by atoms with Crippen LogP contribution in [0.25, 0.3) is 0 Å². The smallest absolute Gasteiger partial charge is 0.257 e. The summed E-state index contributed by atoms with van der Waals surface area (Å²) in [6.07, 6.45) is 0.954. The normalized spacial score (nSPS) is 9.89. The number of nitrogens with zero attached hydrogens (tertiary/aromatic N) is 1. The maximum atomic E-state index is 11.5. The Morgan fingerprint density at radius 1 is 1.50 bits per heavy atom. The molecule has 4 heteroatoms. The van der Waals surface area contributed by atoms with E-state index >= 15 is 0 Å². The van der Waals surface area contributed by atoms with Gasteiger partial charge in [0.25, 0.3) is 5.91 Å². The number of hydrogen-bond donors (Lipinski definition) is 1. The van der Waals surface area contributed by atoms with E-state index in [0.29, 0.717) is 23.8 Å². The fourth-order valence-electron chi connectivity index (χ4n) is 1.36. The third-order valence-corrected chi connectivity index (χ3v) is 2.38. The van der Waals surface area contributed by atoms with E-state index in [4.69, 9.17) is 10.00 Å². The Kier molecular flexibility index (Phi) is 5.72. The van der Waals surface area contributed by atoms with Crippen molar-refractivity contribution in [2.75, 3.05) is 13.2 Å². The van der Waals surface area contributed by atoms with Crippen molar-refractivity contribution in [2.45, 2.75) is 20.3 Å². The molecule has 0 bridgehead atoms. The van der Waals surface area contributed by atoms with Gasteiger partial charge < -0.3 is 10.1 Å². The zero-order valence-corrected chi connectivity index (χ0v) is 10.8. The van der Waals surface area contributed by atoms with Gasteiger partial charge in [0.05, 0.1) is 11.6 Å². The summed E-state index contributed by atoms with van der Waals surface area (Å²) in [6, 6.07) is 8.77. The van der Waals surface area contributed by atoms with Crippen LogP contribution in [-0.4, -0.2) is 19.1 Å².